The lowest BCUT2D eigenvalue weighted by Gasteiger charge is -2.39. The predicted octanol–water partition coefficient (Wildman–Crippen LogP) is -1.37. The molecule has 16 heteroatoms. The molecule has 2 amide bonds. The number of amides is 2. The van der Waals surface area contributed by atoms with Crippen molar-refractivity contribution in [1.82, 2.24) is 10.6 Å². The van der Waals surface area contributed by atoms with Crippen LogP contribution in [0.25, 0.3) is 6.08 Å². The second-order valence-electron chi connectivity index (χ2n) is 13.8. The van der Waals surface area contributed by atoms with Gasteiger partial charge >= 0.3 is 5.97 Å². The molecule has 0 radical (unpaired) electrons. The summed E-state index contributed by atoms with van der Waals surface area (Å²) in [6.07, 6.45) is -5.48. The van der Waals surface area contributed by atoms with Crippen molar-refractivity contribution >= 4 is 23.9 Å². The molecule has 292 valence electrons. The molecule has 6 rings (SSSR count). The van der Waals surface area contributed by atoms with Gasteiger partial charge in [-0.3, -0.25) is 9.59 Å². The first-order valence-corrected chi connectivity index (χ1v) is 17.8. The van der Waals surface area contributed by atoms with Crippen LogP contribution in [0.3, 0.4) is 0 Å². The van der Waals surface area contributed by atoms with Crippen molar-refractivity contribution in [1.29, 1.82) is 0 Å². The van der Waals surface area contributed by atoms with Crippen LogP contribution in [0.4, 0.5) is 0 Å². The van der Waals surface area contributed by atoms with Gasteiger partial charge in [-0.2, -0.15) is 0 Å². The highest BCUT2D eigenvalue weighted by Crippen LogP contribution is 2.45. The molecule has 2 saturated heterocycles. The van der Waals surface area contributed by atoms with Gasteiger partial charge in [0.15, 0.2) is 12.1 Å². The van der Waals surface area contributed by atoms with Crippen molar-refractivity contribution in [2.45, 2.75) is 93.1 Å². The number of carbonyl (C=O) groups excluding carboxylic acids is 3. The number of carbonyl (C=O) groups is 3. The maximum absolute atomic E-state index is 13.9. The summed E-state index contributed by atoms with van der Waals surface area (Å²) in [6, 6.07) is 13.1. The normalized spacial score (nSPS) is 29.6. The van der Waals surface area contributed by atoms with E-state index < -0.39 is 91.3 Å². The lowest BCUT2D eigenvalue weighted by atomic mass is 9.91. The van der Waals surface area contributed by atoms with E-state index in [2.05, 4.69) is 10.6 Å². The highest BCUT2D eigenvalue weighted by Gasteiger charge is 2.55. The number of esters is 1. The minimum absolute atomic E-state index is 0.0695. The molecule has 2 heterocycles. The van der Waals surface area contributed by atoms with Crippen molar-refractivity contribution in [3.63, 3.8) is 0 Å². The van der Waals surface area contributed by atoms with Crippen molar-refractivity contribution in [3.05, 3.63) is 88.5 Å². The molecule has 10 atom stereocenters. The van der Waals surface area contributed by atoms with E-state index in [4.69, 9.17) is 28.8 Å². The van der Waals surface area contributed by atoms with Crippen LogP contribution in [0.2, 0.25) is 0 Å². The summed E-state index contributed by atoms with van der Waals surface area (Å²) in [4.78, 5) is 40.2. The fraction of sp³-hybridized carbons (Fsp3) is 0.500. The Bertz CT molecular complexity index is 1700. The Balaban J connectivity index is 1.18. The van der Waals surface area contributed by atoms with E-state index in [1.807, 2.05) is 24.3 Å². The third-order valence-corrected chi connectivity index (χ3v) is 9.91. The van der Waals surface area contributed by atoms with Gasteiger partial charge in [0.1, 0.15) is 48.8 Å². The zero-order valence-electron chi connectivity index (χ0n) is 29.5. The average molecular weight is 755 g/mol. The van der Waals surface area contributed by atoms with Gasteiger partial charge in [0, 0.05) is 31.4 Å². The Morgan fingerprint density at radius 3 is 2.37 bits per heavy atom. The summed E-state index contributed by atoms with van der Waals surface area (Å²) in [6.45, 7) is 0.216. The molecule has 10 unspecified atom stereocenters. The van der Waals surface area contributed by atoms with Crippen LogP contribution in [-0.2, 0) is 46.1 Å². The van der Waals surface area contributed by atoms with Crippen molar-refractivity contribution < 1.29 is 68.7 Å². The van der Waals surface area contributed by atoms with E-state index in [0.29, 0.717) is 18.4 Å². The van der Waals surface area contributed by atoms with Gasteiger partial charge in [0.25, 0.3) is 0 Å². The second kappa shape index (κ2) is 17.2. The van der Waals surface area contributed by atoms with Gasteiger partial charge < -0.3 is 65.0 Å². The van der Waals surface area contributed by atoms with Gasteiger partial charge in [-0.25, -0.2) is 4.79 Å². The fourth-order valence-corrected chi connectivity index (χ4v) is 7.15. The molecule has 2 aromatic rings. The van der Waals surface area contributed by atoms with Crippen LogP contribution >= 0.6 is 0 Å². The van der Waals surface area contributed by atoms with Gasteiger partial charge in [-0.05, 0) is 35.8 Å². The Morgan fingerprint density at radius 1 is 0.981 bits per heavy atom. The number of fused-ring (bicyclic) bond motifs is 2. The number of ether oxygens (including phenoxy) is 5. The topological polar surface area (TPSA) is 243 Å². The minimum atomic E-state index is -1.59. The number of nitrogens with one attached hydrogen (secondary N) is 2. The van der Waals surface area contributed by atoms with E-state index in [1.165, 1.54) is 6.92 Å². The number of aliphatic hydroxyl groups is 6. The molecule has 2 fully saturated rings. The predicted molar refractivity (Wildman–Crippen MR) is 187 cm³/mol. The van der Waals surface area contributed by atoms with E-state index >= 15 is 0 Å². The van der Waals surface area contributed by atoms with Gasteiger partial charge in [-0.1, -0.05) is 54.6 Å². The summed E-state index contributed by atoms with van der Waals surface area (Å²) in [5.41, 5.74) is 2.88. The van der Waals surface area contributed by atoms with Gasteiger partial charge in [-0.15, -0.1) is 0 Å². The summed E-state index contributed by atoms with van der Waals surface area (Å²) in [5.74, 6) is -3.14. The van der Waals surface area contributed by atoms with Crippen LogP contribution in [0.15, 0.2) is 66.3 Å². The lowest BCUT2D eigenvalue weighted by molar-refractivity contribution is -0.298. The zero-order chi connectivity index (χ0) is 38.6. The molecule has 0 saturated carbocycles. The average Bonchev–Trinajstić information content (AvgIpc) is 3.72. The van der Waals surface area contributed by atoms with Crippen LogP contribution in [0.1, 0.15) is 40.4 Å². The largest absolute Gasteiger partial charge is 0.456 e. The van der Waals surface area contributed by atoms with Gasteiger partial charge in [0.05, 0.1) is 31.5 Å². The maximum Gasteiger partial charge on any atom is 0.339 e. The number of aliphatic hydroxyl groups excluding tert-OH is 6. The van der Waals surface area contributed by atoms with Crippen LogP contribution in [-0.4, -0.2) is 142 Å². The standard InChI is InChI=1S/C38H46N2O14/c1-20(43)29(35(48)39-12-13-41)40-34(47)24-15-26(33-27(16-24)53-38(54-33)17-22-8-2-3-9-23(22)18-38)51-36(49)25-11-5-4-7-21(25)10-6-14-50-37-32(46)31(45)30(44)28(19-42)52-37/h2-11,16,20,26-33,37,41-46H,12-15,17-19H2,1H3,(H,39,48)(H,40,47). The SMILES string of the molecule is CC(O)C(NC(=O)C1=CC2OC3(Cc4ccccc4C3)OC2C(OC(=O)c2ccccc2C=CCOC2OC(CO)C(O)C(O)C2O)C1)C(=O)NCCO. The summed E-state index contributed by atoms with van der Waals surface area (Å²) in [5, 5.41) is 64.1. The molecule has 16 nitrogen and oxygen atoms in total. The molecule has 2 aliphatic carbocycles. The molecule has 8 N–H and O–H groups in total. The van der Waals surface area contributed by atoms with E-state index in [0.717, 1.165) is 11.1 Å². The molecule has 4 aliphatic rings. The van der Waals surface area contributed by atoms with Crippen molar-refractivity contribution in [3.8, 4) is 0 Å². The Kier molecular flexibility index (Phi) is 12.6. The van der Waals surface area contributed by atoms with Crippen LogP contribution < -0.4 is 10.6 Å². The molecule has 54 heavy (non-hydrogen) atoms. The Hall–Kier alpha value is -4.07. The van der Waals surface area contributed by atoms with E-state index in [9.17, 15) is 39.9 Å². The zero-order valence-corrected chi connectivity index (χ0v) is 29.5. The first-order valence-electron chi connectivity index (χ1n) is 17.8. The molecule has 0 bridgehead atoms. The minimum Gasteiger partial charge on any atom is -0.456 e. The fourth-order valence-electron chi connectivity index (χ4n) is 7.15. The van der Waals surface area contributed by atoms with E-state index in [1.54, 1.807) is 42.5 Å². The smallest absolute Gasteiger partial charge is 0.339 e. The molecular formula is C38H46N2O14. The summed E-state index contributed by atoms with van der Waals surface area (Å²) >= 11 is 0. The summed E-state index contributed by atoms with van der Waals surface area (Å²) < 4.78 is 30.1. The third kappa shape index (κ3) is 8.58. The van der Waals surface area contributed by atoms with Crippen molar-refractivity contribution in [2.75, 3.05) is 26.4 Å². The molecule has 2 aliphatic heterocycles. The highest BCUT2D eigenvalue weighted by atomic mass is 16.8. The molecule has 2 aromatic carbocycles. The maximum atomic E-state index is 13.9. The van der Waals surface area contributed by atoms with E-state index in [-0.39, 0.29) is 37.3 Å². The lowest BCUT2D eigenvalue weighted by Crippen LogP contribution is -2.59. The number of benzene rings is 2. The monoisotopic (exact) mass is 754 g/mol. The molecular weight excluding hydrogens is 708 g/mol. The Morgan fingerprint density at radius 2 is 1.69 bits per heavy atom. The first kappa shape index (κ1) is 39.6. The first-order chi connectivity index (χ1) is 25.9. The second-order valence-corrected chi connectivity index (χ2v) is 13.8. The molecule has 1 spiro atoms. The quantitative estimate of drug-likeness (QED) is 0.110. The van der Waals surface area contributed by atoms with Gasteiger partial charge in [0.2, 0.25) is 11.8 Å². The molecule has 0 aromatic heterocycles. The summed E-state index contributed by atoms with van der Waals surface area (Å²) in [7, 11) is 0. The van der Waals surface area contributed by atoms with Crippen LogP contribution in [0.5, 0.6) is 0 Å². The number of hydrogen-bond acceptors (Lipinski definition) is 14. The Labute approximate surface area is 310 Å². The number of rotatable bonds is 13. The highest BCUT2D eigenvalue weighted by molar-refractivity contribution is 5.98. The van der Waals surface area contributed by atoms with Crippen molar-refractivity contribution in [2.24, 2.45) is 0 Å². The number of hydrogen-bond donors (Lipinski definition) is 8. The third-order valence-electron chi connectivity index (χ3n) is 9.91. The van der Waals surface area contributed by atoms with Crippen LogP contribution in [0, 0.1) is 0 Å².